The van der Waals surface area contributed by atoms with E-state index in [1.54, 1.807) is 7.05 Å². The minimum absolute atomic E-state index is 0.451. The summed E-state index contributed by atoms with van der Waals surface area (Å²) in [6, 6.07) is 0.529. The maximum Gasteiger partial charge on any atom is 0.434 e. The van der Waals surface area contributed by atoms with E-state index in [0.717, 1.165) is 55.3 Å². The Morgan fingerprint density at radius 2 is 2.16 bits per heavy atom. The molecular formula is C16H26F3N5S. The maximum absolute atomic E-state index is 12.6. The number of aliphatic imine (C=N–C) groups is 1. The monoisotopic (exact) mass is 377 g/mol. The molecule has 25 heavy (non-hydrogen) atoms. The fraction of sp³-hybridized carbons (Fsp3) is 0.750. The number of alkyl halides is 3. The molecule has 0 amide bonds. The topological polar surface area (TPSA) is 43.8 Å². The third-order valence-corrected chi connectivity index (χ3v) is 5.38. The molecule has 0 saturated carbocycles. The van der Waals surface area contributed by atoms with Crippen LogP contribution in [-0.4, -0.2) is 66.6 Å². The summed E-state index contributed by atoms with van der Waals surface area (Å²) < 4.78 is 37.7. The number of nitrogens with zero attached hydrogens (tertiary/aromatic N) is 4. The summed E-state index contributed by atoms with van der Waals surface area (Å²) in [5.41, 5.74) is -0.807. The van der Waals surface area contributed by atoms with Crippen molar-refractivity contribution in [1.29, 1.82) is 0 Å². The first-order chi connectivity index (χ1) is 11.9. The smallest absolute Gasteiger partial charge is 0.356 e. The van der Waals surface area contributed by atoms with Crippen molar-refractivity contribution >= 4 is 17.3 Å². The molecule has 0 aliphatic carbocycles. The van der Waals surface area contributed by atoms with Crippen LogP contribution in [0.15, 0.2) is 10.4 Å². The predicted octanol–water partition coefficient (Wildman–Crippen LogP) is 2.70. The van der Waals surface area contributed by atoms with E-state index in [2.05, 4.69) is 38.9 Å². The van der Waals surface area contributed by atoms with E-state index < -0.39 is 11.9 Å². The Morgan fingerprint density at radius 1 is 1.44 bits per heavy atom. The third-order valence-electron chi connectivity index (χ3n) is 4.47. The number of aromatic nitrogens is 1. The SMILES string of the molecule is CCN(CC)C1CCN(C(=NC)NCCc2nc(C(F)(F)F)cs2)C1. The quantitative estimate of drug-likeness (QED) is 0.612. The first-order valence-corrected chi connectivity index (χ1v) is 9.48. The molecule has 142 valence electrons. The molecule has 1 aromatic rings. The van der Waals surface area contributed by atoms with Gasteiger partial charge in [-0.2, -0.15) is 13.2 Å². The summed E-state index contributed by atoms with van der Waals surface area (Å²) in [6.07, 6.45) is -2.82. The van der Waals surface area contributed by atoms with Gasteiger partial charge in [-0.25, -0.2) is 4.98 Å². The molecule has 1 atom stereocenters. The van der Waals surface area contributed by atoms with Crippen LogP contribution < -0.4 is 5.32 Å². The lowest BCUT2D eigenvalue weighted by atomic mass is 10.2. The number of halogens is 3. The summed E-state index contributed by atoms with van der Waals surface area (Å²) in [5, 5.41) is 4.80. The highest BCUT2D eigenvalue weighted by Crippen LogP contribution is 2.30. The van der Waals surface area contributed by atoms with E-state index in [1.165, 1.54) is 0 Å². The highest BCUT2D eigenvalue weighted by molar-refractivity contribution is 7.09. The summed E-state index contributed by atoms with van der Waals surface area (Å²) in [5.74, 6) is 0.808. The first-order valence-electron chi connectivity index (χ1n) is 8.60. The molecule has 1 aliphatic rings. The molecule has 0 radical (unpaired) electrons. The van der Waals surface area contributed by atoms with Crippen LogP contribution >= 0.6 is 11.3 Å². The summed E-state index contributed by atoms with van der Waals surface area (Å²) in [7, 11) is 1.73. The molecule has 1 N–H and O–H groups in total. The second-order valence-corrected chi connectivity index (χ2v) is 6.90. The van der Waals surface area contributed by atoms with Gasteiger partial charge in [-0.15, -0.1) is 11.3 Å². The minimum atomic E-state index is -4.37. The average molecular weight is 377 g/mol. The molecule has 2 rings (SSSR count). The van der Waals surface area contributed by atoms with E-state index >= 15 is 0 Å². The molecule has 1 aromatic heterocycles. The Hall–Kier alpha value is -1.35. The number of hydrogen-bond donors (Lipinski definition) is 1. The average Bonchev–Trinajstić information content (AvgIpc) is 3.22. The van der Waals surface area contributed by atoms with Gasteiger partial charge in [0.1, 0.15) is 0 Å². The van der Waals surface area contributed by atoms with Gasteiger partial charge in [0.05, 0.1) is 5.01 Å². The van der Waals surface area contributed by atoms with Gasteiger partial charge in [-0.1, -0.05) is 13.8 Å². The molecule has 1 unspecified atom stereocenters. The minimum Gasteiger partial charge on any atom is -0.356 e. The van der Waals surface area contributed by atoms with Gasteiger partial charge in [0.25, 0.3) is 0 Å². The van der Waals surface area contributed by atoms with Crippen LogP contribution in [0.1, 0.15) is 31.0 Å². The Balaban J connectivity index is 1.82. The second-order valence-electron chi connectivity index (χ2n) is 5.96. The van der Waals surface area contributed by atoms with Gasteiger partial charge in [0.15, 0.2) is 11.7 Å². The number of thiazole rings is 1. The summed E-state index contributed by atoms with van der Waals surface area (Å²) in [4.78, 5) is 12.6. The number of likely N-dealkylation sites (tertiary alicyclic amines) is 1. The number of hydrogen-bond acceptors (Lipinski definition) is 4. The molecule has 2 heterocycles. The van der Waals surface area contributed by atoms with Gasteiger partial charge in [-0.3, -0.25) is 9.89 Å². The Kier molecular flexibility index (Phi) is 7.06. The number of guanidine groups is 1. The second kappa shape index (κ2) is 8.84. The molecule has 0 spiro atoms. The number of nitrogens with one attached hydrogen (secondary N) is 1. The van der Waals surface area contributed by atoms with E-state index in [4.69, 9.17) is 0 Å². The van der Waals surface area contributed by atoms with E-state index in [-0.39, 0.29) is 0 Å². The highest BCUT2D eigenvalue weighted by Gasteiger charge is 2.33. The van der Waals surface area contributed by atoms with Crippen LogP contribution in [0.25, 0.3) is 0 Å². The molecule has 1 saturated heterocycles. The third kappa shape index (κ3) is 5.31. The largest absolute Gasteiger partial charge is 0.434 e. The van der Waals surface area contributed by atoms with E-state index in [1.807, 2.05) is 0 Å². The van der Waals surface area contributed by atoms with Crippen LogP contribution in [0, 0.1) is 0 Å². The van der Waals surface area contributed by atoms with Gasteiger partial charge in [0.2, 0.25) is 0 Å². The van der Waals surface area contributed by atoms with Crippen molar-refractivity contribution in [3.63, 3.8) is 0 Å². The molecular weight excluding hydrogens is 351 g/mol. The van der Waals surface area contributed by atoms with Crippen LogP contribution in [0.4, 0.5) is 13.2 Å². The number of rotatable bonds is 6. The number of likely N-dealkylation sites (N-methyl/N-ethyl adjacent to an activating group) is 1. The highest BCUT2D eigenvalue weighted by atomic mass is 32.1. The lowest BCUT2D eigenvalue weighted by Gasteiger charge is -2.27. The van der Waals surface area contributed by atoms with Crippen molar-refractivity contribution in [2.75, 3.05) is 39.8 Å². The van der Waals surface area contributed by atoms with Crippen molar-refractivity contribution in [2.45, 2.75) is 38.9 Å². The molecule has 1 fully saturated rings. The predicted molar refractivity (Wildman–Crippen MR) is 95.1 cm³/mol. The molecule has 1 aliphatic heterocycles. The van der Waals surface area contributed by atoms with Crippen molar-refractivity contribution in [2.24, 2.45) is 4.99 Å². The van der Waals surface area contributed by atoms with Crippen LogP contribution in [0.5, 0.6) is 0 Å². The fourth-order valence-electron chi connectivity index (χ4n) is 3.14. The van der Waals surface area contributed by atoms with Crippen molar-refractivity contribution in [1.82, 2.24) is 20.1 Å². The van der Waals surface area contributed by atoms with Crippen molar-refractivity contribution in [3.05, 3.63) is 16.1 Å². The summed E-state index contributed by atoms with van der Waals surface area (Å²) in [6.45, 7) is 8.79. The zero-order valence-corrected chi connectivity index (χ0v) is 15.8. The van der Waals surface area contributed by atoms with Crippen molar-refractivity contribution < 1.29 is 13.2 Å². The molecule has 5 nitrogen and oxygen atoms in total. The normalized spacial score (nSPS) is 19.1. The zero-order chi connectivity index (χ0) is 18.4. The summed E-state index contributed by atoms with van der Waals surface area (Å²) >= 11 is 1.05. The lowest BCUT2D eigenvalue weighted by Crippen LogP contribution is -2.43. The van der Waals surface area contributed by atoms with Gasteiger partial charge >= 0.3 is 6.18 Å². The first kappa shape index (κ1) is 20.0. The van der Waals surface area contributed by atoms with Gasteiger partial charge in [-0.05, 0) is 19.5 Å². The fourth-order valence-corrected chi connectivity index (χ4v) is 3.95. The molecule has 0 aromatic carbocycles. The molecule has 0 bridgehead atoms. The lowest BCUT2D eigenvalue weighted by molar-refractivity contribution is -0.140. The van der Waals surface area contributed by atoms with E-state index in [0.29, 0.717) is 24.0 Å². The standard InChI is InChI=1S/C16H26F3N5S/c1-4-23(5-2)12-7-9-24(10-12)15(20-3)21-8-6-14-22-13(11-25-14)16(17,18)19/h11-12H,4-10H2,1-3H3,(H,20,21). The van der Waals surface area contributed by atoms with Crippen LogP contribution in [0.2, 0.25) is 0 Å². The van der Waals surface area contributed by atoms with E-state index in [9.17, 15) is 13.2 Å². The maximum atomic E-state index is 12.6. The van der Waals surface area contributed by atoms with Crippen LogP contribution in [-0.2, 0) is 12.6 Å². The Bertz CT molecular complexity index is 568. The van der Waals surface area contributed by atoms with Crippen molar-refractivity contribution in [3.8, 4) is 0 Å². The van der Waals surface area contributed by atoms with Gasteiger partial charge < -0.3 is 10.2 Å². The molecule has 9 heteroatoms. The Labute approximate surface area is 150 Å². The van der Waals surface area contributed by atoms with Crippen LogP contribution in [0.3, 0.4) is 0 Å². The Morgan fingerprint density at radius 3 is 2.72 bits per heavy atom. The zero-order valence-electron chi connectivity index (χ0n) is 14.9. The van der Waals surface area contributed by atoms with Gasteiger partial charge in [0, 0.05) is 44.5 Å².